The molecule has 116 valence electrons. The molecule has 1 aliphatic heterocycles. The third-order valence-electron chi connectivity index (χ3n) is 4.02. The Labute approximate surface area is 126 Å². The number of anilines is 1. The van der Waals surface area contributed by atoms with Gasteiger partial charge in [-0.05, 0) is 44.4 Å². The Morgan fingerprint density at radius 2 is 1.91 bits per heavy atom. The van der Waals surface area contributed by atoms with Crippen molar-refractivity contribution in [3.05, 3.63) is 62.0 Å². The van der Waals surface area contributed by atoms with Crippen LogP contribution in [0.15, 0.2) is 33.9 Å². The van der Waals surface area contributed by atoms with Gasteiger partial charge in [-0.1, -0.05) is 12.1 Å². The zero-order valence-corrected chi connectivity index (χ0v) is 12.5. The topological polar surface area (TPSA) is 66.9 Å². The Morgan fingerprint density at radius 1 is 1.23 bits per heavy atom. The summed E-state index contributed by atoms with van der Waals surface area (Å²) in [6.07, 6.45) is 1.30. The van der Waals surface area contributed by atoms with E-state index in [4.69, 9.17) is 0 Å². The Morgan fingerprint density at radius 3 is 2.55 bits per heavy atom. The maximum atomic E-state index is 13.0. The normalized spacial score (nSPS) is 17.2. The lowest BCUT2D eigenvalue weighted by Gasteiger charge is -2.27. The van der Waals surface area contributed by atoms with Crippen molar-refractivity contribution in [2.24, 2.45) is 0 Å². The summed E-state index contributed by atoms with van der Waals surface area (Å²) >= 11 is 0. The second-order valence-electron chi connectivity index (χ2n) is 5.84. The summed E-state index contributed by atoms with van der Waals surface area (Å²) in [5.41, 5.74) is 0.886. The molecule has 0 fully saturated rings. The van der Waals surface area contributed by atoms with Crippen LogP contribution >= 0.6 is 0 Å². The summed E-state index contributed by atoms with van der Waals surface area (Å²) in [6, 6.07) is 6.02. The first-order valence-electron chi connectivity index (χ1n) is 7.37. The highest BCUT2D eigenvalue weighted by atomic mass is 19.1. The predicted octanol–water partition coefficient (Wildman–Crippen LogP) is 2.36. The average molecular weight is 303 g/mol. The maximum absolute atomic E-state index is 13.0. The number of hydrogen-bond acceptors (Lipinski definition) is 3. The van der Waals surface area contributed by atoms with Crippen LogP contribution in [0.2, 0.25) is 0 Å². The lowest BCUT2D eigenvalue weighted by molar-refractivity contribution is 0.530. The minimum absolute atomic E-state index is 0.0435. The highest BCUT2D eigenvalue weighted by Gasteiger charge is 2.24. The number of halogens is 1. The number of H-pyrrole nitrogens is 1. The van der Waals surface area contributed by atoms with E-state index in [0.29, 0.717) is 17.8 Å². The van der Waals surface area contributed by atoms with Crippen molar-refractivity contribution >= 4 is 5.82 Å². The van der Waals surface area contributed by atoms with Crippen LogP contribution in [-0.2, 0) is 6.42 Å². The number of aromatic nitrogens is 2. The van der Waals surface area contributed by atoms with E-state index in [1.54, 1.807) is 26.0 Å². The van der Waals surface area contributed by atoms with Crippen molar-refractivity contribution < 1.29 is 4.39 Å². The highest BCUT2D eigenvalue weighted by Crippen LogP contribution is 2.29. The van der Waals surface area contributed by atoms with E-state index in [9.17, 15) is 14.0 Å². The first kappa shape index (κ1) is 14.6. The zero-order chi connectivity index (χ0) is 15.9. The minimum Gasteiger partial charge on any atom is -0.364 e. The van der Waals surface area contributed by atoms with E-state index >= 15 is 0 Å². The average Bonchev–Trinajstić information content (AvgIpc) is 2.47. The number of hydrogen-bond donors (Lipinski definition) is 2. The van der Waals surface area contributed by atoms with Gasteiger partial charge in [-0.25, -0.2) is 9.18 Å². The SMILES string of the molecule is CC(C)n1c(=O)[nH]c2c(c1=O)CC[C@H](c1ccc(F)cc1)N2. The zero-order valence-electron chi connectivity index (χ0n) is 12.5. The lowest BCUT2D eigenvalue weighted by Crippen LogP contribution is -2.41. The number of aromatic amines is 1. The quantitative estimate of drug-likeness (QED) is 0.895. The molecule has 5 nitrogen and oxygen atoms in total. The van der Waals surface area contributed by atoms with Crippen LogP contribution in [0, 0.1) is 5.82 Å². The highest BCUT2D eigenvalue weighted by molar-refractivity contribution is 5.47. The summed E-state index contributed by atoms with van der Waals surface area (Å²) in [4.78, 5) is 27.2. The molecule has 0 bridgehead atoms. The third kappa shape index (κ3) is 2.45. The number of rotatable bonds is 2. The molecule has 0 radical (unpaired) electrons. The Balaban J connectivity index is 1.99. The molecule has 0 saturated heterocycles. The van der Waals surface area contributed by atoms with Crippen molar-refractivity contribution in [3.8, 4) is 0 Å². The number of benzene rings is 1. The summed E-state index contributed by atoms with van der Waals surface area (Å²) in [6.45, 7) is 3.61. The molecule has 3 rings (SSSR count). The van der Waals surface area contributed by atoms with E-state index in [2.05, 4.69) is 10.3 Å². The monoisotopic (exact) mass is 303 g/mol. The first-order valence-corrected chi connectivity index (χ1v) is 7.37. The molecule has 22 heavy (non-hydrogen) atoms. The fraction of sp³-hybridized carbons (Fsp3) is 0.375. The molecule has 6 heteroatoms. The van der Waals surface area contributed by atoms with Gasteiger partial charge in [0, 0.05) is 6.04 Å². The van der Waals surface area contributed by atoms with Crippen molar-refractivity contribution in [1.29, 1.82) is 0 Å². The van der Waals surface area contributed by atoms with Gasteiger partial charge in [-0.2, -0.15) is 0 Å². The number of nitrogens with one attached hydrogen (secondary N) is 2. The molecule has 1 aromatic carbocycles. The first-order chi connectivity index (χ1) is 10.5. The van der Waals surface area contributed by atoms with Gasteiger partial charge in [0.2, 0.25) is 0 Å². The van der Waals surface area contributed by atoms with Crippen LogP contribution < -0.4 is 16.6 Å². The molecule has 1 atom stereocenters. The van der Waals surface area contributed by atoms with Gasteiger partial charge in [0.15, 0.2) is 0 Å². The van der Waals surface area contributed by atoms with E-state index in [-0.39, 0.29) is 23.5 Å². The molecule has 2 N–H and O–H groups in total. The van der Waals surface area contributed by atoms with Gasteiger partial charge in [0.1, 0.15) is 11.6 Å². The van der Waals surface area contributed by atoms with Crippen LogP contribution in [0.4, 0.5) is 10.2 Å². The molecule has 0 unspecified atom stereocenters. The van der Waals surface area contributed by atoms with Crippen LogP contribution in [0.25, 0.3) is 0 Å². The standard InChI is InChI=1S/C16H18FN3O2/c1-9(2)20-15(21)12-7-8-13(18-14(12)19-16(20)22)10-3-5-11(17)6-4-10/h3-6,9,13,18H,7-8H2,1-2H3,(H,19,22)/t13-/m1/s1. The molecule has 0 saturated carbocycles. The van der Waals surface area contributed by atoms with Crippen LogP contribution in [-0.4, -0.2) is 9.55 Å². The van der Waals surface area contributed by atoms with Gasteiger partial charge in [-0.15, -0.1) is 0 Å². The van der Waals surface area contributed by atoms with Crippen molar-refractivity contribution in [2.45, 2.75) is 38.8 Å². The summed E-state index contributed by atoms with van der Waals surface area (Å²) in [5.74, 6) is 0.195. The van der Waals surface area contributed by atoms with E-state index in [1.165, 1.54) is 16.7 Å². The molecular formula is C16H18FN3O2. The molecular weight excluding hydrogens is 285 g/mol. The van der Waals surface area contributed by atoms with Crippen LogP contribution in [0.5, 0.6) is 0 Å². The number of fused-ring (bicyclic) bond motifs is 1. The van der Waals surface area contributed by atoms with Crippen molar-refractivity contribution in [3.63, 3.8) is 0 Å². The fourth-order valence-corrected chi connectivity index (χ4v) is 2.89. The molecule has 1 aromatic heterocycles. The summed E-state index contributed by atoms with van der Waals surface area (Å²) in [7, 11) is 0. The van der Waals surface area contributed by atoms with Gasteiger partial charge < -0.3 is 5.32 Å². The maximum Gasteiger partial charge on any atom is 0.330 e. The second kappa shape index (κ2) is 5.44. The largest absolute Gasteiger partial charge is 0.364 e. The predicted molar refractivity (Wildman–Crippen MR) is 82.8 cm³/mol. The summed E-state index contributed by atoms with van der Waals surface area (Å²) < 4.78 is 14.2. The second-order valence-corrected chi connectivity index (χ2v) is 5.84. The molecule has 0 aliphatic carbocycles. The fourth-order valence-electron chi connectivity index (χ4n) is 2.89. The molecule has 1 aliphatic rings. The smallest absolute Gasteiger partial charge is 0.330 e. The van der Waals surface area contributed by atoms with Crippen LogP contribution in [0.1, 0.15) is 43.5 Å². The molecule has 0 amide bonds. The lowest BCUT2D eigenvalue weighted by atomic mass is 9.96. The van der Waals surface area contributed by atoms with Gasteiger partial charge in [0.25, 0.3) is 5.56 Å². The van der Waals surface area contributed by atoms with Crippen LogP contribution in [0.3, 0.4) is 0 Å². The number of nitrogens with zero attached hydrogens (tertiary/aromatic N) is 1. The summed E-state index contributed by atoms with van der Waals surface area (Å²) in [5, 5.41) is 3.19. The minimum atomic E-state index is -0.411. The van der Waals surface area contributed by atoms with Crippen molar-refractivity contribution in [2.75, 3.05) is 5.32 Å². The van der Waals surface area contributed by atoms with Gasteiger partial charge >= 0.3 is 5.69 Å². The van der Waals surface area contributed by atoms with E-state index in [0.717, 1.165) is 12.0 Å². The molecule has 0 spiro atoms. The molecule has 2 aromatic rings. The van der Waals surface area contributed by atoms with Gasteiger partial charge in [-0.3, -0.25) is 14.3 Å². The van der Waals surface area contributed by atoms with E-state index in [1.807, 2.05) is 0 Å². The Hall–Kier alpha value is -2.37. The third-order valence-corrected chi connectivity index (χ3v) is 4.02. The Bertz CT molecular complexity index is 806. The Kier molecular flexibility index (Phi) is 3.60. The van der Waals surface area contributed by atoms with Crippen molar-refractivity contribution in [1.82, 2.24) is 9.55 Å². The molecule has 2 heterocycles. The van der Waals surface area contributed by atoms with Gasteiger partial charge in [0.05, 0.1) is 11.6 Å². The van der Waals surface area contributed by atoms with E-state index < -0.39 is 5.69 Å².